The molecular weight excluding hydrogens is 306 g/mol. The van der Waals surface area contributed by atoms with Gasteiger partial charge in [-0.25, -0.2) is 4.98 Å². The second kappa shape index (κ2) is 5.06. The Bertz CT molecular complexity index is 945. The third-order valence-electron chi connectivity index (χ3n) is 4.26. The number of pyridine rings is 1. The molecule has 23 heavy (non-hydrogen) atoms. The van der Waals surface area contributed by atoms with Gasteiger partial charge in [0.1, 0.15) is 15.9 Å². The Morgan fingerprint density at radius 2 is 1.87 bits per heavy atom. The van der Waals surface area contributed by atoms with Gasteiger partial charge in [-0.05, 0) is 43.5 Å². The highest BCUT2D eigenvalue weighted by atomic mass is 32.1. The van der Waals surface area contributed by atoms with Crippen molar-refractivity contribution < 1.29 is 4.79 Å². The number of nitrogens with one attached hydrogen (secondary N) is 2. The molecule has 2 N–H and O–H groups in total. The van der Waals surface area contributed by atoms with Crippen molar-refractivity contribution in [1.82, 2.24) is 10.3 Å². The maximum absolute atomic E-state index is 12.6. The second-order valence-electron chi connectivity index (χ2n) is 5.97. The maximum atomic E-state index is 12.6. The van der Waals surface area contributed by atoms with Crippen molar-refractivity contribution in [2.75, 3.05) is 5.32 Å². The fourth-order valence-corrected chi connectivity index (χ4v) is 4.35. The normalized spacial score (nSPS) is 16.8. The van der Waals surface area contributed by atoms with Gasteiger partial charge in [0.25, 0.3) is 5.91 Å². The van der Waals surface area contributed by atoms with Crippen LogP contribution < -0.4 is 10.6 Å². The SMILES string of the molecule is Cc1cc(C)c2c3c(sc2n1)C(=O)N[C@@H](c1ccccc1C)N3. The van der Waals surface area contributed by atoms with E-state index >= 15 is 0 Å². The molecule has 2 aromatic heterocycles. The van der Waals surface area contributed by atoms with Gasteiger partial charge < -0.3 is 10.6 Å². The fraction of sp³-hybridized carbons (Fsp3) is 0.222. The van der Waals surface area contributed by atoms with Crippen molar-refractivity contribution in [3.05, 3.63) is 57.6 Å². The van der Waals surface area contributed by atoms with Crippen LogP contribution in [0.15, 0.2) is 30.3 Å². The summed E-state index contributed by atoms with van der Waals surface area (Å²) in [5, 5.41) is 7.62. The van der Waals surface area contributed by atoms with Crippen molar-refractivity contribution in [3.8, 4) is 0 Å². The lowest BCUT2D eigenvalue weighted by Crippen LogP contribution is -2.38. The van der Waals surface area contributed by atoms with Gasteiger partial charge in [0.05, 0.1) is 5.69 Å². The Morgan fingerprint density at radius 1 is 1.09 bits per heavy atom. The highest BCUT2D eigenvalue weighted by Gasteiger charge is 2.30. The smallest absolute Gasteiger partial charge is 0.265 e. The number of hydrogen-bond donors (Lipinski definition) is 2. The molecule has 0 radical (unpaired) electrons. The molecule has 0 aliphatic carbocycles. The van der Waals surface area contributed by atoms with Gasteiger partial charge in [-0.3, -0.25) is 4.79 Å². The van der Waals surface area contributed by atoms with Crippen molar-refractivity contribution in [2.24, 2.45) is 0 Å². The number of aromatic nitrogens is 1. The molecule has 1 atom stereocenters. The third kappa shape index (κ3) is 2.19. The lowest BCUT2D eigenvalue weighted by atomic mass is 10.0. The van der Waals surface area contributed by atoms with E-state index in [2.05, 4.69) is 41.6 Å². The van der Waals surface area contributed by atoms with Crippen LogP contribution in [0.5, 0.6) is 0 Å². The standard InChI is InChI=1S/C18H17N3OS/c1-9-6-4-5-7-12(9)16-20-14-13-10(2)8-11(3)19-18(13)23-15(14)17(22)21-16/h4-8,16,20H,1-3H3,(H,21,22)/t16-/m0/s1. The van der Waals surface area contributed by atoms with Crippen LogP contribution in [0.4, 0.5) is 5.69 Å². The zero-order valence-electron chi connectivity index (χ0n) is 13.2. The van der Waals surface area contributed by atoms with E-state index in [9.17, 15) is 4.79 Å². The molecule has 0 saturated carbocycles. The first-order valence-electron chi connectivity index (χ1n) is 7.58. The predicted molar refractivity (Wildman–Crippen MR) is 94.1 cm³/mol. The summed E-state index contributed by atoms with van der Waals surface area (Å²) in [5.41, 5.74) is 5.27. The molecule has 5 heteroatoms. The molecule has 0 fully saturated rings. The summed E-state index contributed by atoms with van der Waals surface area (Å²) in [6, 6.07) is 10.2. The minimum absolute atomic E-state index is 0.0351. The summed E-state index contributed by atoms with van der Waals surface area (Å²) in [6.07, 6.45) is -0.213. The summed E-state index contributed by atoms with van der Waals surface area (Å²) in [5.74, 6) is -0.0351. The van der Waals surface area contributed by atoms with Crippen molar-refractivity contribution in [1.29, 1.82) is 0 Å². The summed E-state index contributed by atoms with van der Waals surface area (Å²) in [4.78, 5) is 18.8. The average Bonchev–Trinajstić information content (AvgIpc) is 2.86. The van der Waals surface area contributed by atoms with Crippen LogP contribution in [0.25, 0.3) is 10.2 Å². The third-order valence-corrected chi connectivity index (χ3v) is 5.34. The van der Waals surface area contributed by atoms with Gasteiger partial charge >= 0.3 is 0 Å². The van der Waals surface area contributed by atoms with Gasteiger partial charge in [0, 0.05) is 11.1 Å². The molecular formula is C18H17N3OS. The average molecular weight is 323 g/mol. The summed E-state index contributed by atoms with van der Waals surface area (Å²) in [7, 11) is 0. The largest absolute Gasteiger partial charge is 0.360 e. The zero-order valence-corrected chi connectivity index (χ0v) is 14.0. The molecule has 0 bridgehead atoms. The predicted octanol–water partition coefficient (Wildman–Crippen LogP) is 4.08. The van der Waals surface area contributed by atoms with E-state index in [1.807, 2.05) is 25.1 Å². The van der Waals surface area contributed by atoms with Gasteiger partial charge in [0.2, 0.25) is 0 Å². The molecule has 4 rings (SSSR count). The fourth-order valence-electron chi connectivity index (χ4n) is 3.18. The second-order valence-corrected chi connectivity index (χ2v) is 6.97. The number of benzene rings is 1. The van der Waals surface area contributed by atoms with E-state index in [0.29, 0.717) is 4.88 Å². The van der Waals surface area contributed by atoms with Crippen LogP contribution in [-0.2, 0) is 0 Å². The van der Waals surface area contributed by atoms with E-state index in [0.717, 1.165) is 38.3 Å². The van der Waals surface area contributed by atoms with E-state index in [1.165, 1.54) is 11.3 Å². The number of rotatable bonds is 1. The molecule has 1 amide bonds. The van der Waals surface area contributed by atoms with E-state index < -0.39 is 0 Å². The number of fused-ring (bicyclic) bond motifs is 3. The number of thiophene rings is 1. The zero-order chi connectivity index (χ0) is 16.1. The molecule has 3 aromatic rings. The monoisotopic (exact) mass is 323 g/mol. The van der Waals surface area contributed by atoms with Crippen LogP contribution in [0.2, 0.25) is 0 Å². The quantitative estimate of drug-likeness (QED) is 0.709. The van der Waals surface area contributed by atoms with Gasteiger partial charge in [0.15, 0.2) is 0 Å². The first-order chi connectivity index (χ1) is 11.0. The maximum Gasteiger partial charge on any atom is 0.265 e. The number of anilines is 1. The lowest BCUT2D eigenvalue weighted by Gasteiger charge is -2.27. The first kappa shape index (κ1) is 14.2. The van der Waals surface area contributed by atoms with E-state index in [4.69, 9.17) is 0 Å². The minimum atomic E-state index is -0.213. The topological polar surface area (TPSA) is 54.0 Å². The van der Waals surface area contributed by atoms with Gasteiger partial charge in [-0.2, -0.15) is 0 Å². The van der Waals surface area contributed by atoms with Crippen LogP contribution in [-0.4, -0.2) is 10.9 Å². The van der Waals surface area contributed by atoms with Crippen LogP contribution in [0, 0.1) is 20.8 Å². The first-order valence-corrected chi connectivity index (χ1v) is 8.40. The number of carbonyl (C=O) groups is 1. The van der Waals surface area contributed by atoms with Crippen molar-refractivity contribution >= 4 is 33.1 Å². The number of amides is 1. The van der Waals surface area contributed by atoms with E-state index in [1.54, 1.807) is 0 Å². The number of aryl methyl sites for hydroxylation is 3. The highest BCUT2D eigenvalue weighted by Crippen LogP contribution is 2.41. The minimum Gasteiger partial charge on any atom is -0.360 e. The Balaban J connectivity index is 1.88. The Kier molecular flexibility index (Phi) is 3.13. The number of carbonyl (C=O) groups excluding carboxylic acids is 1. The summed E-state index contributed by atoms with van der Waals surface area (Å²) < 4.78 is 0. The van der Waals surface area contributed by atoms with Crippen LogP contribution >= 0.6 is 11.3 Å². The molecule has 1 aliphatic heterocycles. The molecule has 1 aliphatic rings. The summed E-state index contributed by atoms with van der Waals surface area (Å²) >= 11 is 1.45. The van der Waals surface area contributed by atoms with Crippen molar-refractivity contribution in [2.45, 2.75) is 26.9 Å². The van der Waals surface area contributed by atoms with Gasteiger partial charge in [-0.1, -0.05) is 24.3 Å². The molecule has 3 heterocycles. The molecule has 0 spiro atoms. The van der Waals surface area contributed by atoms with Crippen molar-refractivity contribution in [3.63, 3.8) is 0 Å². The van der Waals surface area contributed by atoms with Crippen LogP contribution in [0.3, 0.4) is 0 Å². The molecule has 1 aromatic carbocycles. The highest BCUT2D eigenvalue weighted by molar-refractivity contribution is 7.21. The van der Waals surface area contributed by atoms with E-state index in [-0.39, 0.29) is 12.1 Å². The molecule has 4 nitrogen and oxygen atoms in total. The Labute approximate surface area is 138 Å². The number of hydrogen-bond acceptors (Lipinski definition) is 4. The molecule has 0 saturated heterocycles. The Hall–Kier alpha value is -2.40. The Morgan fingerprint density at radius 3 is 2.65 bits per heavy atom. The lowest BCUT2D eigenvalue weighted by molar-refractivity contribution is 0.0940. The number of nitrogens with zero attached hydrogens (tertiary/aromatic N) is 1. The van der Waals surface area contributed by atoms with Gasteiger partial charge in [-0.15, -0.1) is 11.3 Å². The molecule has 116 valence electrons. The summed E-state index contributed by atoms with van der Waals surface area (Å²) in [6.45, 7) is 6.11. The molecule has 0 unspecified atom stereocenters. The van der Waals surface area contributed by atoms with Crippen LogP contribution in [0.1, 0.15) is 38.2 Å².